The maximum Gasteiger partial charge on any atom is 0.200 e. The molecule has 0 amide bonds. The van der Waals surface area contributed by atoms with Gasteiger partial charge in [0.1, 0.15) is 28.4 Å². The molecule has 25 heavy (non-hydrogen) atoms. The number of rotatable bonds is 3. The second-order valence-electron chi connectivity index (χ2n) is 6.92. The molecule has 0 saturated heterocycles. The summed E-state index contributed by atoms with van der Waals surface area (Å²) in [4.78, 5) is 24.4. The standard InChI is InChI=1S/C20H20O5/c1-11-9-13-17(23)14(10-21)18(24)15(19(13)25-20(11,2)3)16(22)12-7-5-4-6-8-12/h4-8,10-11,23-24H,9H2,1-3H3. The van der Waals surface area contributed by atoms with E-state index in [-0.39, 0.29) is 28.5 Å². The van der Waals surface area contributed by atoms with E-state index >= 15 is 0 Å². The molecule has 5 heteroatoms. The normalized spacial score (nSPS) is 18.1. The molecular weight excluding hydrogens is 320 g/mol. The van der Waals surface area contributed by atoms with E-state index in [1.165, 1.54) is 0 Å². The smallest absolute Gasteiger partial charge is 0.200 e. The van der Waals surface area contributed by atoms with Crippen molar-refractivity contribution in [2.75, 3.05) is 0 Å². The van der Waals surface area contributed by atoms with Crippen LogP contribution in [0.2, 0.25) is 0 Å². The third-order valence-electron chi connectivity index (χ3n) is 4.98. The van der Waals surface area contributed by atoms with Gasteiger partial charge in [0.05, 0.1) is 5.56 Å². The molecule has 1 atom stereocenters. The van der Waals surface area contributed by atoms with Gasteiger partial charge in [0.25, 0.3) is 0 Å². The molecule has 1 heterocycles. The minimum atomic E-state index is -0.583. The number of fused-ring (bicyclic) bond motifs is 1. The van der Waals surface area contributed by atoms with Gasteiger partial charge in [-0.15, -0.1) is 0 Å². The monoisotopic (exact) mass is 340 g/mol. The molecule has 1 unspecified atom stereocenters. The number of hydrogen-bond acceptors (Lipinski definition) is 5. The third-order valence-corrected chi connectivity index (χ3v) is 4.98. The summed E-state index contributed by atoms with van der Waals surface area (Å²) in [5.41, 5.74) is -0.205. The van der Waals surface area contributed by atoms with E-state index in [9.17, 15) is 19.8 Å². The van der Waals surface area contributed by atoms with Crippen molar-refractivity contribution in [3.8, 4) is 17.2 Å². The highest BCUT2D eigenvalue weighted by atomic mass is 16.5. The molecule has 0 spiro atoms. The number of carbonyl (C=O) groups excluding carboxylic acids is 2. The molecule has 2 aromatic rings. The molecule has 0 radical (unpaired) electrons. The Bertz CT molecular complexity index is 852. The van der Waals surface area contributed by atoms with Crippen molar-refractivity contribution in [2.45, 2.75) is 32.8 Å². The number of ether oxygens (including phenoxy) is 1. The van der Waals surface area contributed by atoms with Gasteiger partial charge in [-0.05, 0) is 26.2 Å². The lowest BCUT2D eigenvalue weighted by molar-refractivity contribution is 0.0332. The van der Waals surface area contributed by atoms with E-state index in [2.05, 4.69) is 0 Å². The van der Waals surface area contributed by atoms with Crippen LogP contribution in [0.5, 0.6) is 17.2 Å². The Labute approximate surface area is 145 Å². The third kappa shape index (κ3) is 2.65. The molecule has 1 aliphatic heterocycles. The molecule has 2 N–H and O–H groups in total. The summed E-state index contributed by atoms with van der Waals surface area (Å²) in [5.74, 6) is -1.13. The fraction of sp³-hybridized carbons (Fsp3) is 0.300. The largest absolute Gasteiger partial charge is 0.507 e. The first-order valence-corrected chi connectivity index (χ1v) is 8.12. The summed E-state index contributed by atoms with van der Waals surface area (Å²) in [6.45, 7) is 5.74. The predicted molar refractivity (Wildman–Crippen MR) is 92.6 cm³/mol. The van der Waals surface area contributed by atoms with Crippen LogP contribution in [0.1, 0.15) is 52.6 Å². The van der Waals surface area contributed by atoms with E-state index in [1.807, 2.05) is 20.8 Å². The minimum absolute atomic E-state index is 0.0506. The van der Waals surface area contributed by atoms with Crippen LogP contribution in [0.3, 0.4) is 0 Å². The highest BCUT2D eigenvalue weighted by Gasteiger charge is 2.40. The van der Waals surface area contributed by atoms with E-state index in [0.29, 0.717) is 23.8 Å². The number of aldehydes is 1. The van der Waals surface area contributed by atoms with Crippen LogP contribution in [0.4, 0.5) is 0 Å². The van der Waals surface area contributed by atoms with E-state index in [0.717, 1.165) is 0 Å². The van der Waals surface area contributed by atoms with Gasteiger partial charge in [0.2, 0.25) is 5.78 Å². The first-order valence-electron chi connectivity index (χ1n) is 8.12. The summed E-state index contributed by atoms with van der Waals surface area (Å²) in [6, 6.07) is 8.45. The lowest BCUT2D eigenvalue weighted by atomic mass is 9.81. The van der Waals surface area contributed by atoms with Gasteiger partial charge in [0.15, 0.2) is 6.29 Å². The van der Waals surface area contributed by atoms with Crippen LogP contribution in [0.15, 0.2) is 30.3 Å². The first-order chi connectivity index (χ1) is 11.8. The van der Waals surface area contributed by atoms with Crippen LogP contribution >= 0.6 is 0 Å². The molecule has 0 bridgehead atoms. The lowest BCUT2D eigenvalue weighted by Gasteiger charge is -2.39. The fourth-order valence-electron chi connectivity index (χ4n) is 3.05. The summed E-state index contributed by atoms with van der Waals surface area (Å²) < 4.78 is 6.01. The number of hydrogen-bond donors (Lipinski definition) is 2. The van der Waals surface area contributed by atoms with Gasteiger partial charge >= 0.3 is 0 Å². The zero-order valence-corrected chi connectivity index (χ0v) is 14.4. The maximum absolute atomic E-state index is 13.0. The van der Waals surface area contributed by atoms with Crippen molar-refractivity contribution in [1.29, 1.82) is 0 Å². The molecule has 0 saturated carbocycles. The van der Waals surface area contributed by atoms with Crippen LogP contribution in [0.25, 0.3) is 0 Å². The molecular formula is C20H20O5. The fourth-order valence-corrected chi connectivity index (χ4v) is 3.05. The second-order valence-corrected chi connectivity index (χ2v) is 6.92. The Morgan fingerprint density at radius 1 is 1.20 bits per heavy atom. The lowest BCUT2D eigenvalue weighted by Crippen LogP contribution is -2.41. The van der Waals surface area contributed by atoms with E-state index in [1.54, 1.807) is 30.3 Å². The zero-order chi connectivity index (χ0) is 18.4. The molecule has 0 aromatic heterocycles. The Hall–Kier alpha value is -2.82. The Morgan fingerprint density at radius 2 is 1.84 bits per heavy atom. The minimum Gasteiger partial charge on any atom is -0.507 e. The van der Waals surface area contributed by atoms with Crippen molar-refractivity contribution in [1.82, 2.24) is 0 Å². The zero-order valence-electron chi connectivity index (χ0n) is 14.4. The predicted octanol–water partition coefficient (Wildman–Crippen LogP) is 3.49. The Morgan fingerprint density at radius 3 is 2.44 bits per heavy atom. The average molecular weight is 340 g/mol. The van der Waals surface area contributed by atoms with Crippen LogP contribution in [-0.4, -0.2) is 27.9 Å². The van der Waals surface area contributed by atoms with E-state index < -0.39 is 17.1 Å². The van der Waals surface area contributed by atoms with Crippen molar-refractivity contribution in [2.24, 2.45) is 5.92 Å². The Balaban J connectivity index is 2.30. The van der Waals surface area contributed by atoms with Crippen molar-refractivity contribution >= 4 is 12.1 Å². The molecule has 0 fully saturated rings. The number of phenols is 2. The molecule has 3 rings (SSSR count). The number of benzene rings is 2. The molecule has 2 aromatic carbocycles. The quantitative estimate of drug-likeness (QED) is 0.660. The van der Waals surface area contributed by atoms with Gasteiger partial charge in [-0.3, -0.25) is 9.59 Å². The van der Waals surface area contributed by atoms with Crippen LogP contribution in [-0.2, 0) is 6.42 Å². The van der Waals surface area contributed by atoms with Crippen LogP contribution < -0.4 is 4.74 Å². The molecule has 5 nitrogen and oxygen atoms in total. The number of carbonyl (C=O) groups is 2. The average Bonchev–Trinajstić information content (AvgIpc) is 2.58. The van der Waals surface area contributed by atoms with Crippen molar-refractivity contribution in [3.63, 3.8) is 0 Å². The highest BCUT2D eigenvalue weighted by Crippen LogP contribution is 2.49. The number of ketones is 1. The topological polar surface area (TPSA) is 83.8 Å². The summed E-state index contributed by atoms with van der Waals surface area (Å²) in [5, 5.41) is 20.9. The van der Waals surface area contributed by atoms with Gasteiger partial charge in [0, 0.05) is 11.1 Å². The number of phenolic OH excluding ortho intramolecular Hbond substituents is 2. The second kappa shape index (κ2) is 5.92. The van der Waals surface area contributed by atoms with Gasteiger partial charge in [-0.1, -0.05) is 37.3 Å². The Kier molecular flexibility index (Phi) is 4.03. The van der Waals surface area contributed by atoms with Gasteiger partial charge < -0.3 is 14.9 Å². The highest BCUT2D eigenvalue weighted by molar-refractivity contribution is 6.14. The summed E-state index contributed by atoms with van der Waals surface area (Å²) >= 11 is 0. The molecule has 0 aliphatic carbocycles. The maximum atomic E-state index is 13.0. The number of aromatic hydroxyl groups is 2. The van der Waals surface area contributed by atoms with E-state index in [4.69, 9.17) is 4.74 Å². The molecule has 1 aliphatic rings. The van der Waals surface area contributed by atoms with Gasteiger partial charge in [-0.2, -0.15) is 0 Å². The summed E-state index contributed by atoms with van der Waals surface area (Å²) in [7, 11) is 0. The van der Waals surface area contributed by atoms with Crippen LogP contribution in [0, 0.1) is 5.92 Å². The van der Waals surface area contributed by atoms with Gasteiger partial charge in [-0.25, -0.2) is 0 Å². The van der Waals surface area contributed by atoms with Crippen molar-refractivity contribution in [3.05, 3.63) is 52.6 Å². The SMILES string of the molecule is CC1Cc2c(O)c(C=O)c(O)c(C(=O)c3ccccc3)c2OC1(C)C. The summed E-state index contributed by atoms with van der Waals surface area (Å²) in [6.07, 6.45) is 0.793. The van der Waals surface area contributed by atoms with Crippen molar-refractivity contribution < 1.29 is 24.5 Å². The molecule has 130 valence electrons. The first kappa shape index (κ1) is 17.0.